The summed E-state index contributed by atoms with van der Waals surface area (Å²) in [6.45, 7) is 5.86. The normalized spacial score (nSPS) is 17.8. The number of hydrogen-bond donors (Lipinski definition) is 1. The number of halogens is 1. The molecule has 0 saturated carbocycles. The van der Waals surface area contributed by atoms with Gasteiger partial charge in [0, 0.05) is 18.8 Å². The molecule has 0 aliphatic carbocycles. The molecule has 1 heterocycles. The smallest absolute Gasteiger partial charge is 0.241 e. The first-order chi connectivity index (χ1) is 14.6. The van der Waals surface area contributed by atoms with E-state index in [4.69, 9.17) is 0 Å². The fourth-order valence-corrected chi connectivity index (χ4v) is 4.76. The van der Waals surface area contributed by atoms with Crippen LogP contribution in [-0.4, -0.2) is 40.2 Å². The number of rotatable bonds is 7. The number of nitrogens with one attached hydrogen (secondary N) is 1. The Bertz CT molecular complexity index is 994. The number of carbonyl (C=O) groups is 1. The van der Waals surface area contributed by atoms with Gasteiger partial charge in [-0.05, 0) is 67.6 Å². The van der Waals surface area contributed by atoms with E-state index in [1.54, 1.807) is 0 Å². The minimum Gasteiger partial charge on any atom is -0.371 e. The van der Waals surface area contributed by atoms with Crippen molar-refractivity contribution in [3.63, 3.8) is 0 Å². The molecule has 0 bridgehead atoms. The highest BCUT2D eigenvalue weighted by Crippen LogP contribution is 2.25. The Morgan fingerprint density at radius 2 is 1.84 bits per heavy atom. The first kappa shape index (κ1) is 23.1. The van der Waals surface area contributed by atoms with Crippen LogP contribution in [0.4, 0.5) is 15.8 Å². The molecule has 6 nitrogen and oxygen atoms in total. The maximum atomic E-state index is 13.2. The second-order valence-corrected chi connectivity index (χ2v) is 10.2. The molecule has 1 amide bonds. The summed E-state index contributed by atoms with van der Waals surface area (Å²) in [5.74, 6) is -0.223. The number of nitrogens with zero attached hydrogens (tertiary/aromatic N) is 2. The van der Waals surface area contributed by atoms with Crippen molar-refractivity contribution < 1.29 is 17.6 Å². The monoisotopic (exact) mass is 447 g/mol. The Hall–Kier alpha value is -2.61. The molecule has 8 heteroatoms. The second kappa shape index (κ2) is 9.68. The van der Waals surface area contributed by atoms with Crippen LogP contribution in [0, 0.1) is 11.7 Å². The van der Waals surface area contributed by atoms with Gasteiger partial charge in [-0.3, -0.25) is 9.10 Å². The van der Waals surface area contributed by atoms with E-state index in [2.05, 4.69) is 29.3 Å². The van der Waals surface area contributed by atoms with Crippen molar-refractivity contribution in [1.82, 2.24) is 5.32 Å². The van der Waals surface area contributed by atoms with Crippen molar-refractivity contribution in [3.05, 3.63) is 59.9 Å². The van der Waals surface area contributed by atoms with Crippen molar-refractivity contribution in [2.45, 2.75) is 32.7 Å². The average Bonchev–Trinajstić information content (AvgIpc) is 2.72. The SMILES string of the molecule is C[C@H]1CCCN(c2ccc([C@H](C)NC(=O)CN(c3ccc(F)cc3)S(C)(=O)=O)cc2)C1. The van der Waals surface area contributed by atoms with E-state index in [1.807, 2.05) is 19.1 Å². The van der Waals surface area contributed by atoms with Crippen LogP contribution < -0.4 is 14.5 Å². The van der Waals surface area contributed by atoms with E-state index in [0.717, 1.165) is 29.2 Å². The average molecular weight is 448 g/mol. The van der Waals surface area contributed by atoms with Crippen molar-refractivity contribution in [2.75, 3.05) is 35.1 Å². The van der Waals surface area contributed by atoms with Gasteiger partial charge >= 0.3 is 0 Å². The standard InChI is InChI=1S/C23H30FN3O3S/c1-17-5-4-14-26(15-17)21-10-6-19(7-11-21)18(2)25-23(28)16-27(31(3,29)30)22-12-8-20(24)9-13-22/h6-13,17-18H,4-5,14-16H2,1-3H3,(H,25,28)/t17-,18-/m0/s1. The van der Waals surface area contributed by atoms with Crippen LogP contribution in [0.3, 0.4) is 0 Å². The zero-order chi connectivity index (χ0) is 22.6. The molecule has 31 heavy (non-hydrogen) atoms. The maximum Gasteiger partial charge on any atom is 0.241 e. The highest BCUT2D eigenvalue weighted by molar-refractivity contribution is 7.92. The number of piperidine rings is 1. The quantitative estimate of drug-likeness (QED) is 0.703. The summed E-state index contributed by atoms with van der Waals surface area (Å²) in [6, 6.07) is 12.9. The lowest BCUT2D eigenvalue weighted by atomic mass is 9.99. The van der Waals surface area contributed by atoms with Crippen molar-refractivity contribution >= 4 is 27.3 Å². The van der Waals surface area contributed by atoms with E-state index in [9.17, 15) is 17.6 Å². The molecule has 2 aromatic carbocycles. The first-order valence-electron chi connectivity index (χ1n) is 10.5. The Morgan fingerprint density at radius 3 is 2.42 bits per heavy atom. The Labute approximate surface area is 184 Å². The third-order valence-electron chi connectivity index (χ3n) is 5.59. The fraction of sp³-hybridized carbons (Fsp3) is 0.435. The summed E-state index contributed by atoms with van der Waals surface area (Å²) >= 11 is 0. The molecule has 2 atom stereocenters. The van der Waals surface area contributed by atoms with Gasteiger partial charge in [0.1, 0.15) is 12.4 Å². The molecule has 1 fully saturated rings. The summed E-state index contributed by atoms with van der Waals surface area (Å²) in [4.78, 5) is 15.0. The largest absolute Gasteiger partial charge is 0.371 e. The number of hydrogen-bond acceptors (Lipinski definition) is 4. The van der Waals surface area contributed by atoms with Gasteiger partial charge in [-0.15, -0.1) is 0 Å². The van der Waals surface area contributed by atoms with Crippen molar-refractivity contribution in [1.29, 1.82) is 0 Å². The van der Waals surface area contributed by atoms with Crippen LogP contribution in [0.1, 0.15) is 38.3 Å². The van der Waals surface area contributed by atoms with E-state index < -0.39 is 21.7 Å². The third kappa shape index (κ3) is 6.19. The minimum absolute atomic E-state index is 0.242. The van der Waals surface area contributed by atoms with Gasteiger partial charge in [-0.2, -0.15) is 0 Å². The molecule has 2 aromatic rings. The van der Waals surface area contributed by atoms with Crippen LogP contribution in [-0.2, 0) is 14.8 Å². The Kier molecular flexibility index (Phi) is 7.20. The van der Waals surface area contributed by atoms with Gasteiger partial charge in [-0.1, -0.05) is 19.1 Å². The van der Waals surface area contributed by atoms with Gasteiger partial charge in [0.15, 0.2) is 0 Å². The van der Waals surface area contributed by atoms with Gasteiger partial charge in [0.2, 0.25) is 15.9 Å². The highest BCUT2D eigenvalue weighted by Gasteiger charge is 2.22. The fourth-order valence-electron chi connectivity index (χ4n) is 3.91. The van der Waals surface area contributed by atoms with Crippen LogP contribution in [0.5, 0.6) is 0 Å². The Morgan fingerprint density at radius 1 is 1.19 bits per heavy atom. The van der Waals surface area contributed by atoms with Crippen molar-refractivity contribution in [2.24, 2.45) is 5.92 Å². The summed E-state index contributed by atoms with van der Waals surface area (Å²) in [6.07, 6.45) is 3.48. The summed E-state index contributed by atoms with van der Waals surface area (Å²) in [5.41, 5.74) is 2.36. The maximum absolute atomic E-state index is 13.2. The van der Waals surface area contributed by atoms with Crippen LogP contribution in [0.2, 0.25) is 0 Å². The number of anilines is 2. The lowest BCUT2D eigenvalue weighted by Gasteiger charge is -2.33. The number of amides is 1. The third-order valence-corrected chi connectivity index (χ3v) is 6.74. The Balaban J connectivity index is 1.64. The molecular weight excluding hydrogens is 417 g/mol. The molecule has 168 valence electrons. The van der Waals surface area contributed by atoms with Crippen molar-refractivity contribution in [3.8, 4) is 0 Å². The summed E-state index contributed by atoms with van der Waals surface area (Å²) in [7, 11) is -3.70. The topological polar surface area (TPSA) is 69.7 Å². The van der Waals surface area contributed by atoms with E-state index in [1.165, 1.54) is 42.8 Å². The van der Waals surface area contributed by atoms with Crippen LogP contribution >= 0.6 is 0 Å². The van der Waals surface area contributed by atoms with Gasteiger partial charge in [-0.25, -0.2) is 12.8 Å². The molecule has 0 aromatic heterocycles. The summed E-state index contributed by atoms with van der Waals surface area (Å²) in [5, 5.41) is 2.85. The van der Waals surface area contributed by atoms with Gasteiger partial charge in [0.05, 0.1) is 18.0 Å². The lowest BCUT2D eigenvalue weighted by molar-refractivity contribution is -0.120. The van der Waals surface area contributed by atoms with E-state index in [0.29, 0.717) is 5.92 Å². The van der Waals surface area contributed by atoms with Crippen LogP contribution in [0.25, 0.3) is 0 Å². The molecule has 0 spiro atoms. The second-order valence-electron chi connectivity index (χ2n) is 8.32. The number of sulfonamides is 1. The molecule has 0 unspecified atom stereocenters. The molecule has 3 rings (SSSR count). The number of benzene rings is 2. The van der Waals surface area contributed by atoms with Gasteiger partial charge < -0.3 is 10.2 Å². The predicted octanol–water partition coefficient (Wildman–Crippen LogP) is 3.71. The number of carbonyl (C=O) groups excluding carboxylic acids is 1. The van der Waals surface area contributed by atoms with E-state index in [-0.39, 0.29) is 18.3 Å². The molecule has 0 radical (unpaired) electrons. The molecule has 1 aliphatic heterocycles. The van der Waals surface area contributed by atoms with Crippen LogP contribution in [0.15, 0.2) is 48.5 Å². The molecule has 1 N–H and O–H groups in total. The van der Waals surface area contributed by atoms with E-state index >= 15 is 0 Å². The highest BCUT2D eigenvalue weighted by atomic mass is 32.2. The molecular formula is C23H30FN3O3S. The zero-order valence-corrected chi connectivity index (χ0v) is 19.0. The molecule has 1 aliphatic rings. The summed E-state index contributed by atoms with van der Waals surface area (Å²) < 4.78 is 38.5. The first-order valence-corrected chi connectivity index (χ1v) is 12.4. The van der Waals surface area contributed by atoms with Gasteiger partial charge in [0.25, 0.3) is 0 Å². The zero-order valence-electron chi connectivity index (χ0n) is 18.2. The molecule has 1 saturated heterocycles. The predicted molar refractivity (Wildman–Crippen MR) is 122 cm³/mol. The minimum atomic E-state index is -3.70. The lowest BCUT2D eigenvalue weighted by Crippen LogP contribution is -2.41.